The number of amides is 1. The predicted molar refractivity (Wildman–Crippen MR) is 67.8 cm³/mol. The van der Waals surface area contributed by atoms with Crippen molar-refractivity contribution in [2.45, 2.75) is 26.4 Å². The van der Waals surface area contributed by atoms with Crippen LogP contribution in [0.25, 0.3) is 0 Å². The van der Waals surface area contributed by atoms with Crippen LogP contribution in [0.4, 0.5) is 10.5 Å². The number of aromatic hydroxyl groups is 1. The van der Waals surface area contributed by atoms with Gasteiger partial charge in [0.05, 0.1) is 12.2 Å². The molecule has 0 saturated carbocycles. The fourth-order valence-electron chi connectivity index (χ4n) is 1.36. The van der Waals surface area contributed by atoms with Gasteiger partial charge in [0.25, 0.3) is 0 Å². The Hall–Kier alpha value is -2.04. The molecule has 1 rings (SSSR count). The van der Waals surface area contributed by atoms with Gasteiger partial charge >= 0.3 is 6.09 Å². The molecule has 0 bridgehead atoms. The maximum atomic E-state index is 11.9. The van der Waals surface area contributed by atoms with Crippen LogP contribution in [0, 0.1) is 0 Å². The van der Waals surface area contributed by atoms with Crippen LogP contribution in [-0.4, -0.2) is 29.6 Å². The van der Waals surface area contributed by atoms with Gasteiger partial charge < -0.3 is 14.6 Å². The number of carbonyl (C=O) groups is 2. The Morgan fingerprint density at radius 3 is 2.50 bits per heavy atom. The summed E-state index contributed by atoms with van der Waals surface area (Å²) in [5, 5.41) is 9.69. The van der Waals surface area contributed by atoms with E-state index in [9.17, 15) is 14.7 Å². The molecule has 0 fully saturated rings. The number of phenolic OH excluding ortho intramolecular Hbond substituents is 1. The number of phenols is 1. The number of hydrogen-bond donors (Lipinski definition) is 1. The normalized spacial score (nSPS) is 10.8. The van der Waals surface area contributed by atoms with Crippen molar-refractivity contribution < 1.29 is 19.4 Å². The van der Waals surface area contributed by atoms with Gasteiger partial charge in [-0.1, -0.05) is 12.1 Å². The van der Waals surface area contributed by atoms with Gasteiger partial charge in [-0.2, -0.15) is 0 Å². The zero-order chi connectivity index (χ0) is 13.8. The van der Waals surface area contributed by atoms with Crippen LogP contribution >= 0.6 is 0 Å². The number of para-hydroxylation sites is 2. The van der Waals surface area contributed by atoms with Gasteiger partial charge in [-0.25, -0.2) is 4.79 Å². The molecule has 1 aromatic carbocycles. The number of rotatable bonds is 3. The van der Waals surface area contributed by atoms with Crippen LogP contribution in [0.3, 0.4) is 0 Å². The van der Waals surface area contributed by atoms with Crippen molar-refractivity contribution in [3.05, 3.63) is 24.3 Å². The van der Waals surface area contributed by atoms with Gasteiger partial charge in [-0.15, -0.1) is 0 Å². The highest BCUT2D eigenvalue weighted by molar-refractivity contribution is 5.92. The minimum absolute atomic E-state index is 0.0785. The number of anilines is 1. The Kier molecular flexibility index (Phi) is 4.31. The average Bonchev–Trinajstić information content (AvgIpc) is 2.24. The molecule has 18 heavy (non-hydrogen) atoms. The first-order chi connectivity index (χ1) is 8.35. The smallest absolute Gasteiger partial charge is 0.415 e. The molecule has 0 aromatic heterocycles. The van der Waals surface area contributed by atoms with Crippen molar-refractivity contribution in [2.24, 2.45) is 0 Å². The first-order valence-electron chi connectivity index (χ1n) is 5.57. The van der Waals surface area contributed by atoms with Crippen molar-refractivity contribution >= 4 is 18.1 Å². The third-order valence-electron chi connectivity index (χ3n) is 2.04. The molecule has 98 valence electrons. The Bertz CT molecular complexity index is 437. The lowest BCUT2D eigenvalue weighted by Crippen LogP contribution is -2.38. The summed E-state index contributed by atoms with van der Waals surface area (Å²) in [6.07, 6.45) is -0.0906. The number of ether oxygens (including phenoxy) is 1. The second-order valence-electron chi connectivity index (χ2n) is 4.75. The lowest BCUT2D eigenvalue weighted by molar-refractivity contribution is -0.106. The third kappa shape index (κ3) is 3.76. The molecule has 0 aliphatic heterocycles. The molecule has 5 nitrogen and oxygen atoms in total. The summed E-state index contributed by atoms with van der Waals surface area (Å²) in [6, 6.07) is 6.28. The lowest BCUT2D eigenvalue weighted by Gasteiger charge is -2.26. The van der Waals surface area contributed by atoms with Crippen LogP contribution in [-0.2, 0) is 9.53 Å². The standard InChI is InChI=1S/C13H17NO4/c1-13(2,3)18-12(17)14(8-9-15)10-6-4-5-7-11(10)16/h4-7,9,16H,8H2,1-3H3. The molecule has 0 aliphatic carbocycles. The quantitative estimate of drug-likeness (QED) is 0.837. The van der Waals surface area contributed by atoms with E-state index in [0.29, 0.717) is 6.29 Å². The van der Waals surface area contributed by atoms with Crippen molar-refractivity contribution in [1.29, 1.82) is 0 Å². The van der Waals surface area contributed by atoms with E-state index in [1.54, 1.807) is 39.0 Å². The van der Waals surface area contributed by atoms with E-state index < -0.39 is 11.7 Å². The van der Waals surface area contributed by atoms with Gasteiger partial charge in [-0.05, 0) is 32.9 Å². The Morgan fingerprint density at radius 1 is 1.39 bits per heavy atom. The van der Waals surface area contributed by atoms with E-state index in [4.69, 9.17) is 4.74 Å². The molecule has 0 unspecified atom stereocenters. The molecule has 0 atom stereocenters. The number of benzene rings is 1. The summed E-state index contributed by atoms with van der Waals surface area (Å²) >= 11 is 0. The molecule has 0 saturated heterocycles. The van der Waals surface area contributed by atoms with Crippen molar-refractivity contribution in [3.8, 4) is 5.75 Å². The number of hydrogen-bond acceptors (Lipinski definition) is 4. The van der Waals surface area contributed by atoms with E-state index in [0.717, 1.165) is 4.90 Å². The Labute approximate surface area is 106 Å². The summed E-state index contributed by atoms with van der Waals surface area (Å²) in [7, 11) is 0. The summed E-state index contributed by atoms with van der Waals surface area (Å²) < 4.78 is 5.18. The molecule has 0 aliphatic rings. The Morgan fingerprint density at radius 2 is 2.00 bits per heavy atom. The predicted octanol–water partition coefficient (Wildman–Crippen LogP) is 2.33. The van der Waals surface area contributed by atoms with Gasteiger partial charge in [0.15, 0.2) is 0 Å². The zero-order valence-electron chi connectivity index (χ0n) is 10.7. The first kappa shape index (κ1) is 14.0. The molecule has 1 amide bonds. The largest absolute Gasteiger partial charge is 0.506 e. The summed E-state index contributed by atoms with van der Waals surface area (Å²) in [6.45, 7) is 5.02. The molecule has 0 radical (unpaired) electrons. The lowest BCUT2D eigenvalue weighted by atomic mass is 10.2. The third-order valence-corrected chi connectivity index (χ3v) is 2.04. The summed E-state index contributed by atoms with van der Waals surface area (Å²) in [5.74, 6) is -0.0785. The number of carbonyl (C=O) groups excluding carboxylic acids is 2. The summed E-state index contributed by atoms with van der Waals surface area (Å²) in [4.78, 5) is 23.7. The highest BCUT2D eigenvalue weighted by Crippen LogP contribution is 2.27. The molecular weight excluding hydrogens is 234 g/mol. The van der Waals surface area contributed by atoms with E-state index in [-0.39, 0.29) is 18.0 Å². The minimum Gasteiger partial charge on any atom is -0.506 e. The maximum Gasteiger partial charge on any atom is 0.415 e. The van der Waals surface area contributed by atoms with Crippen LogP contribution < -0.4 is 4.90 Å². The fraction of sp³-hybridized carbons (Fsp3) is 0.385. The van der Waals surface area contributed by atoms with Crippen LogP contribution in [0.1, 0.15) is 20.8 Å². The van der Waals surface area contributed by atoms with Crippen molar-refractivity contribution in [3.63, 3.8) is 0 Å². The van der Waals surface area contributed by atoms with E-state index >= 15 is 0 Å². The van der Waals surface area contributed by atoms with Crippen LogP contribution in [0.15, 0.2) is 24.3 Å². The fourth-order valence-corrected chi connectivity index (χ4v) is 1.36. The van der Waals surface area contributed by atoms with Gasteiger partial charge in [0, 0.05) is 0 Å². The highest BCUT2D eigenvalue weighted by Gasteiger charge is 2.24. The molecule has 1 aromatic rings. The van der Waals surface area contributed by atoms with Crippen LogP contribution in [0.5, 0.6) is 5.75 Å². The highest BCUT2D eigenvalue weighted by atomic mass is 16.6. The van der Waals surface area contributed by atoms with E-state index in [2.05, 4.69) is 0 Å². The van der Waals surface area contributed by atoms with Gasteiger partial charge in [-0.3, -0.25) is 4.90 Å². The second-order valence-corrected chi connectivity index (χ2v) is 4.75. The molecule has 0 spiro atoms. The van der Waals surface area contributed by atoms with Crippen molar-refractivity contribution in [2.75, 3.05) is 11.4 Å². The number of nitrogens with zero attached hydrogens (tertiary/aromatic N) is 1. The SMILES string of the molecule is CC(C)(C)OC(=O)N(CC=O)c1ccccc1O. The topological polar surface area (TPSA) is 66.8 Å². The average molecular weight is 251 g/mol. The molecule has 1 N–H and O–H groups in total. The molecule has 0 heterocycles. The maximum absolute atomic E-state index is 11.9. The molecule has 5 heteroatoms. The van der Waals surface area contributed by atoms with E-state index in [1.807, 2.05) is 0 Å². The summed E-state index contributed by atoms with van der Waals surface area (Å²) in [5.41, 5.74) is -0.415. The first-order valence-corrected chi connectivity index (χ1v) is 5.57. The van der Waals surface area contributed by atoms with Gasteiger partial charge in [0.2, 0.25) is 0 Å². The Balaban J connectivity index is 3.00. The molecular formula is C13H17NO4. The van der Waals surface area contributed by atoms with Crippen molar-refractivity contribution in [1.82, 2.24) is 0 Å². The van der Waals surface area contributed by atoms with Crippen LogP contribution in [0.2, 0.25) is 0 Å². The number of aldehydes is 1. The zero-order valence-corrected chi connectivity index (χ0v) is 10.7. The second kappa shape index (κ2) is 5.53. The van der Waals surface area contributed by atoms with E-state index in [1.165, 1.54) is 6.07 Å². The monoisotopic (exact) mass is 251 g/mol. The minimum atomic E-state index is -0.670. The van der Waals surface area contributed by atoms with Gasteiger partial charge in [0.1, 0.15) is 17.6 Å².